The molecular weight excluding hydrogens is 296 g/mol. The second-order valence-corrected chi connectivity index (χ2v) is 4.46. The zero-order valence-electron chi connectivity index (χ0n) is 9.30. The molecule has 0 bridgehead atoms. The normalized spacial score (nSPS) is 9.83. The Bertz CT molecular complexity index is 579. The van der Waals surface area contributed by atoms with Crippen LogP contribution in [0.1, 0.15) is 10.4 Å². The summed E-state index contributed by atoms with van der Waals surface area (Å²) in [6.45, 7) is 0. The van der Waals surface area contributed by atoms with Gasteiger partial charge in [-0.15, -0.1) is 0 Å². The number of para-hydroxylation sites is 1. The molecule has 0 aliphatic carbocycles. The molecule has 4 heteroatoms. The van der Waals surface area contributed by atoms with Crippen LogP contribution in [0.3, 0.4) is 0 Å². The first-order chi connectivity index (χ1) is 8.66. The lowest BCUT2D eigenvalue weighted by Crippen LogP contribution is -2.20. The van der Waals surface area contributed by atoms with Gasteiger partial charge in [-0.25, -0.2) is 4.79 Å². The van der Waals surface area contributed by atoms with Crippen molar-refractivity contribution in [2.24, 2.45) is 0 Å². The standard InChI is InChI=1S/C14H9BrO3/c15-11-6-4-5-10(9-11)13(16)14(17)18-12-7-2-1-3-8-12/h1-9H. The van der Waals surface area contributed by atoms with Crippen molar-refractivity contribution in [3.05, 3.63) is 64.6 Å². The average molecular weight is 305 g/mol. The maximum Gasteiger partial charge on any atom is 0.385 e. The van der Waals surface area contributed by atoms with Crippen LogP contribution in [0.4, 0.5) is 0 Å². The van der Waals surface area contributed by atoms with Crippen molar-refractivity contribution in [2.45, 2.75) is 0 Å². The molecule has 90 valence electrons. The van der Waals surface area contributed by atoms with Gasteiger partial charge in [-0.3, -0.25) is 4.79 Å². The maximum absolute atomic E-state index is 11.8. The van der Waals surface area contributed by atoms with Crippen molar-refractivity contribution in [3.8, 4) is 5.75 Å². The van der Waals surface area contributed by atoms with E-state index in [1.165, 1.54) is 0 Å². The second-order valence-electron chi connectivity index (χ2n) is 3.54. The number of hydrogen-bond donors (Lipinski definition) is 0. The van der Waals surface area contributed by atoms with Gasteiger partial charge in [0.1, 0.15) is 5.75 Å². The van der Waals surface area contributed by atoms with Gasteiger partial charge in [0.05, 0.1) is 0 Å². The Kier molecular flexibility index (Phi) is 3.89. The third kappa shape index (κ3) is 3.05. The Morgan fingerprint density at radius 3 is 2.33 bits per heavy atom. The van der Waals surface area contributed by atoms with Crippen molar-refractivity contribution in [3.63, 3.8) is 0 Å². The number of ether oxygens (including phenoxy) is 1. The smallest absolute Gasteiger partial charge is 0.385 e. The van der Waals surface area contributed by atoms with Gasteiger partial charge in [0.25, 0.3) is 5.78 Å². The van der Waals surface area contributed by atoms with Crippen molar-refractivity contribution < 1.29 is 14.3 Å². The summed E-state index contributed by atoms with van der Waals surface area (Å²) in [5.41, 5.74) is 0.297. The summed E-state index contributed by atoms with van der Waals surface area (Å²) in [7, 11) is 0. The number of benzene rings is 2. The second kappa shape index (κ2) is 5.60. The molecule has 2 aromatic rings. The molecule has 0 heterocycles. The van der Waals surface area contributed by atoms with Gasteiger partial charge in [-0.05, 0) is 24.3 Å². The molecule has 3 nitrogen and oxygen atoms in total. The van der Waals surface area contributed by atoms with Gasteiger partial charge in [-0.2, -0.15) is 0 Å². The summed E-state index contributed by atoms with van der Waals surface area (Å²) < 4.78 is 5.70. The Morgan fingerprint density at radius 2 is 1.67 bits per heavy atom. The van der Waals surface area contributed by atoms with Crippen LogP contribution < -0.4 is 4.74 Å². The topological polar surface area (TPSA) is 43.4 Å². The van der Waals surface area contributed by atoms with Crippen LogP contribution >= 0.6 is 15.9 Å². The highest BCUT2D eigenvalue weighted by Gasteiger charge is 2.18. The molecule has 0 aromatic heterocycles. The lowest BCUT2D eigenvalue weighted by atomic mass is 10.1. The molecule has 0 unspecified atom stereocenters. The van der Waals surface area contributed by atoms with Crippen molar-refractivity contribution >= 4 is 27.7 Å². The van der Waals surface area contributed by atoms with Gasteiger partial charge >= 0.3 is 5.97 Å². The summed E-state index contributed by atoms with van der Waals surface area (Å²) in [4.78, 5) is 23.4. The number of ketones is 1. The molecule has 0 N–H and O–H groups in total. The first kappa shape index (κ1) is 12.5. The zero-order chi connectivity index (χ0) is 13.0. The Balaban J connectivity index is 2.13. The van der Waals surface area contributed by atoms with Crippen molar-refractivity contribution in [1.29, 1.82) is 0 Å². The number of rotatable bonds is 3. The minimum absolute atomic E-state index is 0.297. The highest BCUT2D eigenvalue weighted by atomic mass is 79.9. The Hall–Kier alpha value is -1.94. The van der Waals surface area contributed by atoms with Crippen LogP contribution in [0.5, 0.6) is 5.75 Å². The molecule has 0 amide bonds. The minimum Gasteiger partial charge on any atom is -0.421 e. The third-order valence-corrected chi connectivity index (χ3v) is 2.72. The van der Waals surface area contributed by atoms with Crippen LogP contribution in [-0.2, 0) is 4.79 Å². The summed E-state index contributed by atoms with van der Waals surface area (Å²) in [6, 6.07) is 15.1. The van der Waals surface area contributed by atoms with Gasteiger partial charge in [0, 0.05) is 10.0 Å². The maximum atomic E-state index is 11.8. The SMILES string of the molecule is O=C(Oc1ccccc1)C(=O)c1cccc(Br)c1. The van der Waals surface area contributed by atoms with Crippen LogP contribution in [0.2, 0.25) is 0 Å². The molecule has 18 heavy (non-hydrogen) atoms. The number of carbonyl (C=O) groups is 2. The van der Waals surface area contributed by atoms with Crippen LogP contribution in [0, 0.1) is 0 Å². The summed E-state index contributed by atoms with van der Waals surface area (Å²) in [6.07, 6.45) is 0. The van der Waals surface area contributed by atoms with E-state index < -0.39 is 11.8 Å². The van der Waals surface area contributed by atoms with Gasteiger partial charge < -0.3 is 4.74 Å². The molecule has 0 saturated carbocycles. The largest absolute Gasteiger partial charge is 0.421 e. The molecule has 2 aromatic carbocycles. The van der Waals surface area contributed by atoms with Gasteiger partial charge in [0.15, 0.2) is 0 Å². The first-order valence-corrected chi connectivity index (χ1v) is 6.03. The average Bonchev–Trinajstić information content (AvgIpc) is 2.39. The van der Waals surface area contributed by atoms with Crippen LogP contribution in [0.25, 0.3) is 0 Å². The molecule has 0 atom stereocenters. The lowest BCUT2D eigenvalue weighted by Gasteiger charge is -2.03. The summed E-state index contributed by atoms with van der Waals surface area (Å²) in [5.74, 6) is -1.20. The molecule has 0 radical (unpaired) electrons. The number of esters is 1. The predicted molar refractivity (Wildman–Crippen MR) is 70.5 cm³/mol. The van der Waals surface area contributed by atoms with Crippen molar-refractivity contribution in [2.75, 3.05) is 0 Å². The van der Waals surface area contributed by atoms with E-state index in [4.69, 9.17) is 4.74 Å². The van der Waals surface area contributed by atoms with Crippen LogP contribution in [0.15, 0.2) is 59.1 Å². The van der Waals surface area contributed by atoms with E-state index in [-0.39, 0.29) is 0 Å². The quantitative estimate of drug-likeness (QED) is 0.378. The van der Waals surface area contributed by atoms with Gasteiger partial charge in [-0.1, -0.05) is 46.3 Å². The van der Waals surface area contributed by atoms with Gasteiger partial charge in [0.2, 0.25) is 0 Å². The Labute approximate surface area is 113 Å². The first-order valence-electron chi connectivity index (χ1n) is 5.24. The monoisotopic (exact) mass is 304 g/mol. The number of halogens is 1. The Morgan fingerprint density at radius 1 is 0.944 bits per heavy atom. The predicted octanol–water partition coefficient (Wildman–Crippen LogP) is 3.24. The fraction of sp³-hybridized carbons (Fsp3) is 0. The van der Waals surface area contributed by atoms with E-state index in [0.29, 0.717) is 11.3 Å². The molecule has 0 aliphatic heterocycles. The summed E-state index contributed by atoms with van der Waals surface area (Å²) >= 11 is 3.24. The molecule has 0 aliphatic rings. The molecule has 0 fully saturated rings. The fourth-order valence-corrected chi connectivity index (χ4v) is 1.79. The molecule has 0 saturated heterocycles. The minimum atomic E-state index is -0.890. The van der Waals surface area contributed by atoms with E-state index in [9.17, 15) is 9.59 Å². The fourth-order valence-electron chi connectivity index (χ4n) is 1.39. The zero-order valence-corrected chi connectivity index (χ0v) is 10.9. The van der Waals surface area contributed by atoms with E-state index in [1.807, 2.05) is 0 Å². The van der Waals surface area contributed by atoms with E-state index in [1.54, 1.807) is 54.6 Å². The molecule has 0 spiro atoms. The van der Waals surface area contributed by atoms with Crippen molar-refractivity contribution in [1.82, 2.24) is 0 Å². The van der Waals surface area contributed by atoms with E-state index in [0.717, 1.165) is 4.47 Å². The van der Waals surface area contributed by atoms with Crippen LogP contribution in [-0.4, -0.2) is 11.8 Å². The lowest BCUT2D eigenvalue weighted by molar-refractivity contribution is -0.129. The summed E-state index contributed by atoms with van der Waals surface area (Å²) in [5, 5.41) is 0. The van der Waals surface area contributed by atoms with E-state index >= 15 is 0 Å². The number of hydrogen-bond acceptors (Lipinski definition) is 3. The van der Waals surface area contributed by atoms with E-state index in [2.05, 4.69) is 15.9 Å². The number of carbonyl (C=O) groups excluding carboxylic acids is 2. The highest BCUT2D eigenvalue weighted by Crippen LogP contribution is 2.14. The number of Topliss-reactive ketones (excluding diaryl/α,β-unsaturated/α-hetero) is 1. The third-order valence-electron chi connectivity index (χ3n) is 2.23. The molecular formula is C14H9BrO3. The molecule has 2 rings (SSSR count). The highest BCUT2D eigenvalue weighted by molar-refractivity contribution is 9.10.